The summed E-state index contributed by atoms with van der Waals surface area (Å²) in [6.45, 7) is 18.9. The summed E-state index contributed by atoms with van der Waals surface area (Å²) >= 11 is 0. The first kappa shape index (κ1) is 31.3. The van der Waals surface area contributed by atoms with Gasteiger partial charge >= 0.3 is 0 Å². The van der Waals surface area contributed by atoms with Crippen LogP contribution in [0.5, 0.6) is 0 Å². The predicted molar refractivity (Wildman–Crippen MR) is 149 cm³/mol. The lowest BCUT2D eigenvalue weighted by Crippen LogP contribution is -2.41. The van der Waals surface area contributed by atoms with Crippen molar-refractivity contribution >= 4 is 20.7 Å². The first-order valence-corrected chi connectivity index (χ1v) is 13.2. The van der Waals surface area contributed by atoms with E-state index in [4.69, 9.17) is 4.74 Å². The molecule has 0 aromatic rings. The first-order valence-electron chi connectivity index (χ1n) is 13.2. The molecule has 0 aliphatic rings. The van der Waals surface area contributed by atoms with Crippen molar-refractivity contribution in [3.8, 4) is 0 Å². The second-order valence-corrected chi connectivity index (χ2v) is 10.5. The van der Waals surface area contributed by atoms with Gasteiger partial charge in [-0.1, -0.05) is 80.7 Å². The smallest absolute Gasteiger partial charge is 0.276 e. The van der Waals surface area contributed by atoms with E-state index >= 15 is 0 Å². The summed E-state index contributed by atoms with van der Waals surface area (Å²) in [7, 11) is 2.31. The fourth-order valence-electron chi connectivity index (χ4n) is 3.72. The number of allylic oxidation sites excluding steroid dienone is 6. The Kier molecular flexibility index (Phi) is 19.4. The van der Waals surface area contributed by atoms with Crippen molar-refractivity contribution in [2.24, 2.45) is 5.92 Å². The van der Waals surface area contributed by atoms with Crippen molar-refractivity contribution in [2.45, 2.75) is 119 Å². The van der Waals surface area contributed by atoms with Crippen LogP contribution in [0, 0.1) is 5.92 Å². The Balaban J connectivity index is 4.78. The minimum absolute atomic E-state index is 0.227. The third-order valence-electron chi connectivity index (χ3n) is 6.21. The Morgan fingerprint density at radius 2 is 1.72 bits per heavy atom. The molecule has 0 aromatic heterocycles. The number of ether oxygens (including phenoxy) is 1. The maximum atomic E-state index is 10.8. The highest BCUT2D eigenvalue weighted by atomic mass is 16.5. The monoisotopic (exact) mass is 441 g/mol. The molecule has 0 fully saturated rings. The molecule has 5 heteroatoms. The second-order valence-electron chi connectivity index (χ2n) is 10.5. The molecule has 0 bridgehead atoms. The zero-order valence-corrected chi connectivity index (χ0v) is 22.8. The van der Waals surface area contributed by atoms with Crippen molar-refractivity contribution in [1.29, 1.82) is 0 Å². The Morgan fingerprint density at radius 1 is 1.00 bits per heavy atom. The minimum atomic E-state index is -0.400. The number of hydrogen-bond donors (Lipinski definition) is 1. The number of hydrogen-bond acceptors (Lipinski definition) is 2. The van der Waals surface area contributed by atoms with Crippen molar-refractivity contribution < 1.29 is 9.76 Å². The zero-order valence-electron chi connectivity index (χ0n) is 22.8. The third kappa shape index (κ3) is 17.8. The highest BCUT2D eigenvalue weighted by molar-refractivity contribution is 7.21. The maximum Gasteiger partial charge on any atom is 0.276 e. The van der Waals surface area contributed by atoms with Crippen LogP contribution in [0.4, 0.5) is 0 Å². The van der Waals surface area contributed by atoms with Crippen LogP contribution >= 0.6 is 0 Å². The molecule has 1 radical (unpaired) electrons. The Morgan fingerprint density at radius 3 is 2.31 bits per heavy atom. The van der Waals surface area contributed by atoms with Gasteiger partial charge in [0, 0.05) is 13.1 Å². The lowest BCUT2D eigenvalue weighted by Gasteiger charge is -2.17. The van der Waals surface area contributed by atoms with E-state index in [2.05, 4.69) is 74.8 Å². The summed E-state index contributed by atoms with van der Waals surface area (Å²) in [5.41, 5.74) is 5.90. The van der Waals surface area contributed by atoms with Crippen LogP contribution in [0.15, 0.2) is 34.4 Å². The fourth-order valence-corrected chi connectivity index (χ4v) is 3.72. The highest BCUT2D eigenvalue weighted by Gasteiger charge is 2.26. The van der Waals surface area contributed by atoms with E-state index in [1.54, 1.807) is 5.57 Å². The highest BCUT2D eigenvalue weighted by Crippen LogP contribution is 2.22. The summed E-state index contributed by atoms with van der Waals surface area (Å²) in [6, 6.07) is 0. The van der Waals surface area contributed by atoms with Crippen molar-refractivity contribution in [2.75, 3.05) is 13.1 Å². The minimum Gasteiger partial charge on any atom is -0.455 e. The van der Waals surface area contributed by atoms with E-state index in [-0.39, 0.29) is 6.60 Å². The number of rotatable bonds is 19. The summed E-state index contributed by atoms with van der Waals surface area (Å²) < 4.78 is 5.78. The molecule has 0 rings (SSSR count). The van der Waals surface area contributed by atoms with Crippen LogP contribution < -0.4 is 0 Å². The lowest BCUT2D eigenvalue weighted by molar-refractivity contribution is 0.164. The largest absolute Gasteiger partial charge is 0.455 e. The van der Waals surface area contributed by atoms with E-state index in [1.807, 2.05) is 0 Å². The standard InChI is InChI=1S/C27H52B3O2/c1-9-10-11-20-32-22-30(31)29(21-28-18-16-24(4)5)19-17-26(8)13-15-27(25(6)7)14-12-23(2)3/h16-17,23,31H,9-15,18-22H2,1-8H3. The van der Waals surface area contributed by atoms with Crippen LogP contribution in [0.2, 0.25) is 18.9 Å². The molecule has 181 valence electrons. The molecule has 0 atom stereocenters. The average molecular weight is 441 g/mol. The third-order valence-corrected chi connectivity index (χ3v) is 6.21. The Bertz CT molecular complexity index is 559. The fraction of sp³-hybridized carbons (Fsp3) is 0.778. The van der Waals surface area contributed by atoms with Crippen molar-refractivity contribution in [3.05, 3.63) is 34.4 Å². The molecule has 0 saturated heterocycles. The van der Waals surface area contributed by atoms with Gasteiger partial charge in [0.1, 0.15) is 13.9 Å². The van der Waals surface area contributed by atoms with Gasteiger partial charge in [-0.15, -0.1) is 6.22 Å². The molecule has 0 saturated carbocycles. The van der Waals surface area contributed by atoms with E-state index in [9.17, 15) is 5.02 Å². The predicted octanol–water partition coefficient (Wildman–Crippen LogP) is 7.83. The quantitative estimate of drug-likeness (QED) is 0.126. The lowest BCUT2D eigenvalue weighted by atomic mass is 9.11. The van der Waals surface area contributed by atoms with Gasteiger partial charge < -0.3 is 9.76 Å². The number of unbranched alkanes of at least 4 members (excludes halogenated alkanes) is 2. The van der Waals surface area contributed by atoms with Crippen LogP contribution in [0.3, 0.4) is 0 Å². The summed E-state index contributed by atoms with van der Waals surface area (Å²) in [5, 5.41) is 10.8. The molecule has 1 N–H and O–H groups in total. The summed E-state index contributed by atoms with van der Waals surface area (Å²) in [5.74, 6) is 0.759. The van der Waals surface area contributed by atoms with E-state index in [0.717, 1.165) is 50.6 Å². The van der Waals surface area contributed by atoms with Crippen LogP contribution in [-0.4, -0.2) is 38.8 Å². The van der Waals surface area contributed by atoms with E-state index in [0.29, 0.717) is 6.51 Å². The first-order chi connectivity index (χ1) is 15.2. The molecule has 0 heterocycles. The zero-order chi connectivity index (χ0) is 24.4. The Labute approximate surface area is 203 Å². The molecule has 0 unspecified atom stereocenters. The van der Waals surface area contributed by atoms with Gasteiger partial charge in [0.2, 0.25) is 0 Å². The van der Waals surface area contributed by atoms with Gasteiger partial charge in [0.05, 0.1) is 0 Å². The molecule has 32 heavy (non-hydrogen) atoms. The van der Waals surface area contributed by atoms with Gasteiger partial charge in [-0.05, 0) is 72.6 Å². The van der Waals surface area contributed by atoms with Gasteiger partial charge in [0.25, 0.3) is 6.81 Å². The molecule has 0 amide bonds. The molecule has 0 aromatic carbocycles. The van der Waals surface area contributed by atoms with Crippen LogP contribution in [0.1, 0.15) is 100 Å². The molecule has 0 aliphatic carbocycles. The molecule has 0 aliphatic heterocycles. The second kappa shape index (κ2) is 19.8. The topological polar surface area (TPSA) is 29.5 Å². The van der Waals surface area contributed by atoms with Crippen LogP contribution in [-0.2, 0) is 4.74 Å². The van der Waals surface area contributed by atoms with Crippen molar-refractivity contribution in [1.82, 2.24) is 0 Å². The van der Waals surface area contributed by atoms with Crippen LogP contribution in [0.25, 0.3) is 0 Å². The maximum absolute atomic E-state index is 10.8. The van der Waals surface area contributed by atoms with Gasteiger partial charge in [-0.3, -0.25) is 0 Å². The van der Waals surface area contributed by atoms with Crippen molar-refractivity contribution in [3.63, 3.8) is 0 Å². The molecule has 2 nitrogen and oxygen atoms in total. The normalized spacial score (nSPS) is 11.5. The SMILES string of the molecule is CCCCCOCB(O)B(C[B]CC=C(C)C)CC=C(C)CCC(CCC(C)C)=C(C)C. The van der Waals surface area contributed by atoms with Gasteiger partial charge in [0.15, 0.2) is 0 Å². The summed E-state index contributed by atoms with van der Waals surface area (Å²) in [4.78, 5) is 0. The van der Waals surface area contributed by atoms with Gasteiger partial charge in [-0.2, -0.15) is 0 Å². The molecular weight excluding hydrogens is 389 g/mol. The molecule has 0 spiro atoms. The van der Waals surface area contributed by atoms with E-state index < -0.39 is 6.81 Å². The van der Waals surface area contributed by atoms with Gasteiger partial charge in [-0.25, -0.2) is 0 Å². The Hall–Kier alpha value is -0.665. The average Bonchev–Trinajstić information content (AvgIpc) is 2.72. The summed E-state index contributed by atoms with van der Waals surface area (Å²) in [6.07, 6.45) is 15.7. The van der Waals surface area contributed by atoms with E-state index in [1.165, 1.54) is 42.4 Å². The molecular formula is C27H52B3O2.